The lowest BCUT2D eigenvalue weighted by molar-refractivity contribution is -0.139. The van der Waals surface area contributed by atoms with Crippen LogP contribution in [0.15, 0.2) is 60.3 Å². The molecule has 1 N–H and O–H groups in total. The van der Waals surface area contributed by atoms with Crippen LogP contribution in [0.1, 0.15) is 25.5 Å². The Kier molecular flexibility index (Phi) is 5.68. The van der Waals surface area contributed by atoms with Crippen LogP contribution in [0.3, 0.4) is 0 Å². The number of amides is 2. The van der Waals surface area contributed by atoms with E-state index in [1.807, 2.05) is 36.4 Å². The van der Waals surface area contributed by atoms with Crippen molar-refractivity contribution in [1.29, 1.82) is 0 Å². The Morgan fingerprint density at radius 3 is 2.64 bits per heavy atom. The molecule has 0 radical (unpaired) electrons. The Bertz CT molecular complexity index is 964. The molecule has 3 rings (SSSR count). The van der Waals surface area contributed by atoms with Crippen LogP contribution in [0.2, 0.25) is 0 Å². The van der Waals surface area contributed by atoms with Gasteiger partial charge in [0.15, 0.2) is 0 Å². The van der Waals surface area contributed by atoms with E-state index in [2.05, 4.69) is 11.9 Å². The molecule has 1 atom stereocenters. The number of benzene rings is 2. The molecule has 1 heterocycles. The summed E-state index contributed by atoms with van der Waals surface area (Å²) in [4.78, 5) is 26.8. The Morgan fingerprint density at radius 1 is 1.25 bits per heavy atom. The number of nitrogens with one attached hydrogen (secondary N) is 1. The van der Waals surface area contributed by atoms with Gasteiger partial charge in [-0.25, -0.2) is 9.59 Å². The van der Waals surface area contributed by atoms with E-state index in [0.29, 0.717) is 17.8 Å². The van der Waals surface area contributed by atoms with Crippen molar-refractivity contribution in [1.82, 2.24) is 10.2 Å². The summed E-state index contributed by atoms with van der Waals surface area (Å²) >= 11 is 0. The minimum atomic E-state index is -0.584. The molecule has 0 spiro atoms. The van der Waals surface area contributed by atoms with E-state index in [-0.39, 0.29) is 12.6 Å². The Hall–Kier alpha value is -3.28. The summed E-state index contributed by atoms with van der Waals surface area (Å²) < 4.78 is 10.5. The first-order valence-electron chi connectivity index (χ1n) is 9.14. The second-order valence-corrected chi connectivity index (χ2v) is 6.47. The highest BCUT2D eigenvalue weighted by molar-refractivity contribution is 5.95. The molecule has 146 valence electrons. The number of esters is 1. The highest BCUT2D eigenvalue weighted by Gasteiger charge is 2.36. The van der Waals surface area contributed by atoms with Crippen molar-refractivity contribution in [2.24, 2.45) is 0 Å². The fraction of sp³-hybridized carbons (Fsp3) is 0.273. The Labute approximate surface area is 164 Å². The van der Waals surface area contributed by atoms with E-state index in [1.165, 1.54) is 4.90 Å². The van der Waals surface area contributed by atoms with Crippen molar-refractivity contribution >= 4 is 22.8 Å². The number of urea groups is 1. The molecular formula is C22H24N2O4. The molecular weight excluding hydrogens is 356 g/mol. The van der Waals surface area contributed by atoms with E-state index < -0.39 is 12.0 Å². The predicted octanol–water partition coefficient (Wildman–Crippen LogP) is 3.94. The Balaban J connectivity index is 2.09. The number of hydrogen-bond acceptors (Lipinski definition) is 4. The summed E-state index contributed by atoms with van der Waals surface area (Å²) in [5, 5.41) is 4.93. The molecule has 0 bridgehead atoms. The minimum absolute atomic E-state index is 0.259. The standard InChI is InChI=1S/C22H24N2O4/c1-5-11-24-14(3)19(21(25)28-6-2)20(23-22(24)26)17-8-7-16-13-18(27-4)10-9-15(16)12-17/h5,7-10,12-13,20H,1,6,11H2,2-4H3,(H,23,26)/t20-/m1/s1. The van der Waals surface area contributed by atoms with Crippen molar-refractivity contribution in [3.63, 3.8) is 0 Å². The molecule has 0 unspecified atom stereocenters. The topological polar surface area (TPSA) is 67.9 Å². The summed E-state index contributed by atoms with van der Waals surface area (Å²) in [5.41, 5.74) is 1.81. The van der Waals surface area contributed by atoms with E-state index >= 15 is 0 Å². The largest absolute Gasteiger partial charge is 0.497 e. The quantitative estimate of drug-likeness (QED) is 0.609. The average molecular weight is 380 g/mol. The summed E-state index contributed by atoms with van der Waals surface area (Å²) in [6.07, 6.45) is 1.62. The van der Waals surface area contributed by atoms with Crippen LogP contribution in [0, 0.1) is 0 Å². The van der Waals surface area contributed by atoms with Gasteiger partial charge in [0.2, 0.25) is 0 Å². The maximum absolute atomic E-state index is 12.7. The number of fused-ring (bicyclic) bond motifs is 1. The summed E-state index contributed by atoms with van der Waals surface area (Å²) in [6, 6.07) is 10.7. The number of carbonyl (C=O) groups is 2. The van der Waals surface area contributed by atoms with E-state index in [0.717, 1.165) is 22.1 Å². The number of carbonyl (C=O) groups excluding carboxylic acids is 2. The van der Waals surface area contributed by atoms with Gasteiger partial charge in [0, 0.05) is 12.2 Å². The molecule has 2 amide bonds. The average Bonchev–Trinajstić information content (AvgIpc) is 2.70. The van der Waals surface area contributed by atoms with Crippen molar-refractivity contribution in [3.05, 3.63) is 65.9 Å². The monoisotopic (exact) mass is 380 g/mol. The third-order valence-corrected chi connectivity index (χ3v) is 4.81. The van der Waals surface area contributed by atoms with Gasteiger partial charge in [0.05, 0.1) is 25.3 Å². The van der Waals surface area contributed by atoms with Gasteiger partial charge >= 0.3 is 12.0 Å². The lowest BCUT2D eigenvalue weighted by Gasteiger charge is -2.35. The van der Waals surface area contributed by atoms with Crippen LogP contribution in [0.5, 0.6) is 5.75 Å². The number of nitrogens with zero attached hydrogens (tertiary/aromatic N) is 1. The molecule has 0 aliphatic carbocycles. The molecule has 0 saturated heterocycles. The van der Waals surface area contributed by atoms with Gasteiger partial charge in [-0.05, 0) is 48.4 Å². The number of ether oxygens (including phenoxy) is 2. The van der Waals surface area contributed by atoms with Gasteiger partial charge in [-0.3, -0.25) is 4.90 Å². The van der Waals surface area contributed by atoms with Gasteiger partial charge in [-0.1, -0.05) is 24.3 Å². The predicted molar refractivity (Wildman–Crippen MR) is 108 cm³/mol. The number of allylic oxidation sites excluding steroid dienone is 1. The molecule has 6 heteroatoms. The smallest absolute Gasteiger partial charge is 0.338 e. The first kappa shape index (κ1) is 19.5. The third kappa shape index (κ3) is 3.58. The van der Waals surface area contributed by atoms with Crippen molar-refractivity contribution < 1.29 is 19.1 Å². The molecule has 2 aromatic rings. The maximum atomic E-state index is 12.7. The second kappa shape index (κ2) is 8.17. The van der Waals surface area contributed by atoms with Gasteiger partial charge in [-0.2, -0.15) is 0 Å². The molecule has 2 aromatic carbocycles. The lowest BCUT2D eigenvalue weighted by atomic mass is 9.93. The molecule has 0 aromatic heterocycles. The van der Waals surface area contributed by atoms with Crippen molar-refractivity contribution in [2.45, 2.75) is 19.9 Å². The van der Waals surface area contributed by atoms with Crippen LogP contribution in [0.4, 0.5) is 4.79 Å². The fourth-order valence-corrected chi connectivity index (χ4v) is 3.40. The number of hydrogen-bond donors (Lipinski definition) is 1. The normalized spacial score (nSPS) is 16.8. The lowest BCUT2D eigenvalue weighted by Crippen LogP contribution is -2.48. The molecule has 1 aliphatic heterocycles. The first-order valence-corrected chi connectivity index (χ1v) is 9.14. The Morgan fingerprint density at radius 2 is 1.96 bits per heavy atom. The van der Waals surface area contributed by atoms with Crippen LogP contribution in [-0.2, 0) is 9.53 Å². The SMILES string of the molecule is C=CCN1C(=O)N[C@H](c2ccc3cc(OC)ccc3c2)C(C(=O)OCC)=C1C. The fourth-order valence-electron chi connectivity index (χ4n) is 3.40. The zero-order valence-corrected chi connectivity index (χ0v) is 16.3. The van der Waals surface area contributed by atoms with Crippen LogP contribution >= 0.6 is 0 Å². The zero-order chi connectivity index (χ0) is 20.3. The first-order chi connectivity index (χ1) is 13.5. The molecule has 1 aliphatic rings. The summed E-state index contributed by atoms with van der Waals surface area (Å²) in [6.45, 7) is 7.77. The van der Waals surface area contributed by atoms with Crippen LogP contribution in [0.25, 0.3) is 10.8 Å². The minimum Gasteiger partial charge on any atom is -0.497 e. The third-order valence-electron chi connectivity index (χ3n) is 4.81. The van der Waals surface area contributed by atoms with E-state index in [4.69, 9.17) is 9.47 Å². The number of rotatable bonds is 6. The molecule has 6 nitrogen and oxygen atoms in total. The second-order valence-electron chi connectivity index (χ2n) is 6.47. The highest BCUT2D eigenvalue weighted by atomic mass is 16.5. The van der Waals surface area contributed by atoms with Crippen molar-refractivity contribution in [2.75, 3.05) is 20.3 Å². The van der Waals surface area contributed by atoms with Gasteiger partial charge in [0.25, 0.3) is 0 Å². The van der Waals surface area contributed by atoms with Crippen LogP contribution < -0.4 is 10.1 Å². The van der Waals surface area contributed by atoms with Crippen LogP contribution in [-0.4, -0.2) is 37.2 Å². The summed E-state index contributed by atoms with van der Waals surface area (Å²) in [7, 11) is 1.63. The zero-order valence-electron chi connectivity index (χ0n) is 16.3. The highest BCUT2D eigenvalue weighted by Crippen LogP contribution is 2.33. The van der Waals surface area contributed by atoms with E-state index in [9.17, 15) is 9.59 Å². The van der Waals surface area contributed by atoms with Crippen molar-refractivity contribution in [3.8, 4) is 5.75 Å². The molecule has 28 heavy (non-hydrogen) atoms. The van der Waals surface area contributed by atoms with Gasteiger partial charge in [-0.15, -0.1) is 6.58 Å². The summed E-state index contributed by atoms with van der Waals surface area (Å²) in [5.74, 6) is 0.336. The maximum Gasteiger partial charge on any atom is 0.338 e. The molecule has 0 fully saturated rings. The molecule has 0 saturated carbocycles. The number of methoxy groups -OCH3 is 1. The van der Waals surface area contributed by atoms with Gasteiger partial charge in [0.1, 0.15) is 5.75 Å². The van der Waals surface area contributed by atoms with E-state index in [1.54, 1.807) is 27.0 Å². The van der Waals surface area contributed by atoms with Gasteiger partial charge < -0.3 is 14.8 Å².